The largest absolute Gasteiger partial charge is 0.457 e. The van der Waals surface area contributed by atoms with Crippen LogP contribution in [0.2, 0.25) is 0 Å². The van der Waals surface area contributed by atoms with Crippen molar-refractivity contribution >= 4 is 40.6 Å². The number of hydrazine groups is 1. The lowest BCUT2D eigenvalue weighted by Crippen LogP contribution is -2.67. The number of benzene rings is 4. The Hall–Kier alpha value is -5.32. The Morgan fingerprint density at radius 3 is 2.19 bits per heavy atom. The molecule has 6 bridgehead atoms. The number of amides is 4. The Morgan fingerprint density at radius 1 is 0.881 bits per heavy atom. The second kappa shape index (κ2) is 9.37. The highest BCUT2D eigenvalue weighted by Crippen LogP contribution is 2.49. The van der Waals surface area contributed by atoms with Crippen LogP contribution in [0, 0.1) is 0 Å². The van der Waals surface area contributed by atoms with Crippen LogP contribution in [-0.4, -0.2) is 52.9 Å². The Kier molecular flexibility index (Phi) is 5.72. The van der Waals surface area contributed by atoms with Crippen LogP contribution in [0.3, 0.4) is 0 Å². The Labute approximate surface area is 242 Å². The average Bonchev–Trinajstić information content (AvgIpc) is 3.17. The summed E-state index contributed by atoms with van der Waals surface area (Å²) in [7, 11) is 1.61. The third kappa shape index (κ3) is 3.59. The number of quaternary nitrogens is 1. The first kappa shape index (κ1) is 25.6. The molecule has 0 radical (unpaired) electrons. The maximum atomic E-state index is 14.6. The lowest BCUT2D eigenvalue weighted by molar-refractivity contribution is -0.166. The molecule has 0 saturated carbocycles. The Morgan fingerprint density at radius 2 is 1.52 bits per heavy atom. The van der Waals surface area contributed by atoms with Crippen molar-refractivity contribution in [3.05, 3.63) is 114 Å². The molecule has 0 spiro atoms. The van der Waals surface area contributed by atoms with E-state index in [-0.39, 0.29) is 0 Å². The summed E-state index contributed by atoms with van der Waals surface area (Å²) in [5.74, 6) is 0.255. The van der Waals surface area contributed by atoms with Gasteiger partial charge in [0.25, 0.3) is 6.17 Å². The number of anilines is 2. The third-order valence-corrected chi connectivity index (χ3v) is 7.78. The number of hydrogen-bond donors (Lipinski definition) is 1. The summed E-state index contributed by atoms with van der Waals surface area (Å²) >= 11 is 0. The SMILES string of the molecule is C[C@H](N)C(=O)N1N2C(=O)N(c3ccc(Oc4ccccc4)cc3)c3cccc4c3C(c3ccccc3)=NC2C(=O)[N@@+]41C. The van der Waals surface area contributed by atoms with E-state index in [1.54, 1.807) is 43.4 Å². The quantitative estimate of drug-likeness (QED) is 0.356. The van der Waals surface area contributed by atoms with Gasteiger partial charge in [-0.05, 0) is 49.4 Å². The number of hydrogen-bond acceptors (Lipinski definition) is 6. The number of ether oxygens (including phenoxy) is 1. The summed E-state index contributed by atoms with van der Waals surface area (Å²) in [6.07, 6.45) is -1.29. The minimum Gasteiger partial charge on any atom is -0.457 e. The van der Waals surface area contributed by atoms with E-state index in [1.807, 2.05) is 66.7 Å². The Balaban J connectivity index is 1.46. The molecular weight excluding hydrogens is 532 g/mol. The van der Waals surface area contributed by atoms with E-state index in [0.29, 0.717) is 39.8 Å². The molecular formula is C32H27N6O4+. The van der Waals surface area contributed by atoms with E-state index >= 15 is 0 Å². The van der Waals surface area contributed by atoms with Crippen molar-refractivity contribution in [2.24, 2.45) is 10.7 Å². The zero-order valence-corrected chi connectivity index (χ0v) is 22.9. The molecule has 3 atom stereocenters. The zero-order chi connectivity index (χ0) is 29.2. The molecule has 1 unspecified atom stereocenters. The van der Waals surface area contributed by atoms with Gasteiger partial charge in [0.05, 0.1) is 28.7 Å². The highest BCUT2D eigenvalue weighted by Gasteiger charge is 2.67. The van der Waals surface area contributed by atoms with Gasteiger partial charge in [-0.25, -0.2) is 14.6 Å². The minimum absolute atomic E-state index is 0.435. The summed E-state index contributed by atoms with van der Waals surface area (Å²) in [4.78, 5) is 48.8. The molecule has 4 amide bonds. The van der Waals surface area contributed by atoms with Crippen LogP contribution in [-0.2, 0) is 9.59 Å². The number of rotatable bonds is 5. The van der Waals surface area contributed by atoms with Gasteiger partial charge < -0.3 is 10.5 Å². The fourth-order valence-electron chi connectivity index (χ4n) is 5.79. The van der Waals surface area contributed by atoms with Gasteiger partial charge in [-0.3, -0.25) is 9.69 Å². The van der Waals surface area contributed by atoms with Gasteiger partial charge in [-0.1, -0.05) is 59.7 Å². The first-order valence-corrected chi connectivity index (χ1v) is 13.5. The predicted octanol–water partition coefficient (Wildman–Crippen LogP) is 4.71. The number of likely N-dealkylation sites (N-methyl/N-ethyl adjacent to an activating group) is 1. The fraction of sp³-hybridized carbons (Fsp3) is 0.125. The van der Waals surface area contributed by atoms with Crippen LogP contribution in [0.15, 0.2) is 108 Å². The summed E-state index contributed by atoms with van der Waals surface area (Å²) in [6, 6.07) is 29.8. The fourth-order valence-corrected chi connectivity index (χ4v) is 5.79. The lowest BCUT2D eigenvalue weighted by atomic mass is 9.96. The monoisotopic (exact) mass is 559 g/mol. The van der Waals surface area contributed by atoms with Gasteiger partial charge in [-0.15, -0.1) is 9.60 Å². The molecule has 208 valence electrons. The average molecular weight is 560 g/mol. The molecule has 1 fully saturated rings. The van der Waals surface area contributed by atoms with E-state index in [2.05, 4.69) is 0 Å². The highest BCUT2D eigenvalue weighted by molar-refractivity contribution is 6.25. The first-order chi connectivity index (χ1) is 20.3. The molecule has 1 saturated heterocycles. The molecule has 10 nitrogen and oxygen atoms in total. The van der Waals surface area contributed by atoms with Crippen molar-refractivity contribution in [2.75, 3.05) is 11.9 Å². The number of carbonyl (C=O) groups excluding carboxylic acids is 3. The molecule has 8 rings (SSSR count). The van der Waals surface area contributed by atoms with E-state index in [9.17, 15) is 14.4 Å². The summed E-state index contributed by atoms with van der Waals surface area (Å²) < 4.78 is 5.38. The number of fused-ring (bicyclic) bond motifs is 1. The molecule has 0 aromatic heterocycles. The van der Waals surface area contributed by atoms with Gasteiger partial charge in [0, 0.05) is 11.6 Å². The number of para-hydroxylation sites is 1. The van der Waals surface area contributed by atoms with Gasteiger partial charge >= 0.3 is 17.8 Å². The smallest absolute Gasteiger partial charge is 0.391 e. The first-order valence-electron chi connectivity index (χ1n) is 13.5. The number of nitrogens with two attached hydrogens (primary N) is 1. The summed E-state index contributed by atoms with van der Waals surface area (Å²) in [5.41, 5.74) is 9.57. The minimum atomic E-state index is -1.29. The number of urea groups is 1. The van der Waals surface area contributed by atoms with Crippen LogP contribution in [0.1, 0.15) is 18.1 Å². The van der Waals surface area contributed by atoms with Crippen molar-refractivity contribution in [2.45, 2.75) is 19.1 Å². The van der Waals surface area contributed by atoms with Crippen molar-refractivity contribution in [3.63, 3.8) is 0 Å². The normalized spacial score (nSPS) is 21.2. The molecule has 4 heterocycles. The van der Waals surface area contributed by atoms with Crippen LogP contribution in [0.4, 0.5) is 21.9 Å². The van der Waals surface area contributed by atoms with Gasteiger partial charge in [-0.2, -0.15) is 0 Å². The molecule has 42 heavy (non-hydrogen) atoms. The van der Waals surface area contributed by atoms with Crippen LogP contribution < -0.4 is 20.0 Å². The van der Waals surface area contributed by atoms with Gasteiger partial charge in [0.15, 0.2) is 5.69 Å². The summed E-state index contributed by atoms with van der Waals surface area (Å²) in [6.45, 7) is 1.53. The number of aliphatic imine (C=N–C) groups is 1. The number of nitrogens with zero attached hydrogens (tertiary/aromatic N) is 5. The van der Waals surface area contributed by atoms with Crippen molar-refractivity contribution < 1.29 is 19.1 Å². The zero-order valence-electron chi connectivity index (χ0n) is 22.9. The molecule has 10 heteroatoms. The van der Waals surface area contributed by atoms with Crippen LogP contribution >= 0.6 is 0 Å². The molecule has 4 aliphatic heterocycles. The molecule has 4 aliphatic rings. The van der Waals surface area contributed by atoms with E-state index in [1.165, 1.54) is 11.8 Å². The van der Waals surface area contributed by atoms with E-state index in [4.69, 9.17) is 15.5 Å². The summed E-state index contributed by atoms with van der Waals surface area (Å²) in [5, 5.41) is 2.31. The lowest BCUT2D eigenvalue weighted by Gasteiger charge is -2.42. The van der Waals surface area contributed by atoms with Gasteiger partial charge in [0.2, 0.25) is 0 Å². The second-order valence-corrected chi connectivity index (χ2v) is 10.5. The molecule has 4 aromatic rings. The van der Waals surface area contributed by atoms with E-state index < -0.39 is 34.6 Å². The molecule has 2 N–H and O–H groups in total. The van der Waals surface area contributed by atoms with Gasteiger partial charge in [0.1, 0.15) is 18.5 Å². The van der Waals surface area contributed by atoms with Crippen LogP contribution in [0.5, 0.6) is 11.5 Å². The van der Waals surface area contributed by atoms with Crippen molar-refractivity contribution in [3.8, 4) is 11.5 Å². The van der Waals surface area contributed by atoms with Crippen molar-refractivity contribution in [1.29, 1.82) is 0 Å². The molecule has 0 aliphatic carbocycles. The molecule has 4 aromatic carbocycles. The van der Waals surface area contributed by atoms with Crippen LogP contribution in [0.25, 0.3) is 0 Å². The third-order valence-electron chi connectivity index (χ3n) is 7.78. The highest BCUT2D eigenvalue weighted by atomic mass is 16.5. The Bertz CT molecular complexity index is 1770. The number of carbonyl (C=O) groups is 3. The predicted molar refractivity (Wildman–Crippen MR) is 158 cm³/mol. The second-order valence-electron chi connectivity index (χ2n) is 10.5. The van der Waals surface area contributed by atoms with E-state index in [0.717, 1.165) is 15.7 Å². The van der Waals surface area contributed by atoms with Crippen molar-refractivity contribution in [1.82, 2.24) is 14.7 Å². The maximum Gasteiger partial charge on any atom is 0.391 e. The maximum absolute atomic E-state index is 14.6. The standard InChI is InChI=1S/C32H27N6O4/c1-20(33)30(39)37-36-29-31(40)38(37,2)26-15-9-14-25(27(26)28(34-29)21-10-5-3-6-11-21)35(32(36)41)22-16-18-24(19-17-22)42-23-12-7-4-8-13-23/h3-20,29H,33H2,1-2H3/q+1/t20-,29?,38+/m0/s1. The topological polar surface area (TPSA) is 109 Å².